The second kappa shape index (κ2) is 8.16. The van der Waals surface area contributed by atoms with Crippen molar-refractivity contribution < 1.29 is 23.8 Å². The van der Waals surface area contributed by atoms with Crippen molar-refractivity contribution in [3.8, 4) is 5.75 Å². The summed E-state index contributed by atoms with van der Waals surface area (Å²) in [6.45, 7) is 0. The number of carboxylic acid groups (broad SMARTS) is 1. The number of aromatic hydroxyl groups is 1. The highest BCUT2D eigenvalue weighted by atomic mass is 19.2. The fraction of sp³-hybridized carbons (Fsp3) is 0.227. The van der Waals surface area contributed by atoms with Crippen molar-refractivity contribution in [2.24, 2.45) is 0 Å². The van der Waals surface area contributed by atoms with Crippen molar-refractivity contribution in [1.29, 1.82) is 0 Å². The van der Waals surface area contributed by atoms with Crippen molar-refractivity contribution in [2.45, 2.75) is 32.1 Å². The topological polar surface area (TPSA) is 57.5 Å². The molecule has 0 unspecified atom stereocenters. The number of halogens is 2. The Hall–Kier alpha value is -2.95. The Morgan fingerprint density at radius 3 is 2.22 bits per heavy atom. The fourth-order valence-corrected chi connectivity index (χ4v) is 3.44. The number of aliphatic carboxylic acids is 1. The zero-order valence-corrected chi connectivity index (χ0v) is 14.7. The highest BCUT2D eigenvalue weighted by molar-refractivity contribution is 5.86. The number of hydrogen-bond acceptors (Lipinski definition) is 2. The Kier molecular flexibility index (Phi) is 5.69. The number of rotatable bonds is 4. The van der Waals surface area contributed by atoms with Gasteiger partial charge in [-0.1, -0.05) is 36.3 Å². The molecule has 1 aliphatic carbocycles. The van der Waals surface area contributed by atoms with Crippen molar-refractivity contribution >= 4 is 17.6 Å². The third kappa shape index (κ3) is 4.25. The van der Waals surface area contributed by atoms with Gasteiger partial charge in [0.1, 0.15) is 0 Å². The summed E-state index contributed by atoms with van der Waals surface area (Å²) >= 11 is 0. The van der Waals surface area contributed by atoms with E-state index < -0.39 is 23.4 Å². The first kappa shape index (κ1) is 18.8. The largest absolute Gasteiger partial charge is 0.505 e. The zero-order chi connectivity index (χ0) is 19.4. The number of carboxylic acids is 1. The molecule has 140 valence electrons. The van der Waals surface area contributed by atoms with E-state index in [9.17, 15) is 18.7 Å². The summed E-state index contributed by atoms with van der Waals surface area (Å²) in [5, 5.41) is 18.2. The second-order valence-corrected chi connectivity index (χ2v) is 6.59. The summed E-state index contributed by atoms with van der Waals surface area (Å²) in [6.07, 6.45) is 7.27. The fourth-order valence-electron chi connectivity index (χ4n) is 3.44. The molecule has 0 saturated heterocycles. The van der Waals surface area contributed by atoms with Crippen LogP contribution in [-0.2, 0) is 4.79 Å². The maximum absolute atomic E-state index is 14.6. The first-order chi connectivity index (χ1) is 13.0. The SMILES string of the molecule is O=C(O)C=Cc1ccc(C(=C2CCCCC2)c2ccc(O)c(F)c2F)cc1. The molecule has 2 N–H and O–H groups in total. The molecule has 3 nitrogen and oxygen atoms in total. The molecular formula is C22H20F2O3. The molecule has 2 aromatic rings. The van der Waals surface area contributed by atoms with E-state index in [1.807, 2.05) is 0 Å². The number of hydrogen-bond donors (Lipinski definition) is 2. The predicted molar refractivity (Wildman–Crippen MR) is 100 cm³/mol. The van der Waals surface area contributed by atoms with Crippen LogP contribution in [0.2, 0.25) is 0 Å². The zero-order valence-electron chi connectivity index (χ0n) is 14.7. The van der Waals surface area contributed by atoms with Gasteiger partial charge in [0.2, 0.25) is 5.82 Å². The van der Waals surface area contributed by atoms with Gasteiger partial charge in [-0.05, 0) is 60.6 Å². The summed E-state index contributed by atoms with van der Waals surface area (Å²) < 4.78 is 28.6. The van der Waals surface area contributed by atoms with E-state index in [-0.39, 0.29) is 5.56 Å². The Morgan fingerprint density at radius 1 is 0.926 bits per heavy atom. The van der Waals surface area contributed by atoms with Crippen LogP contribution in [0.15, 0.2) is 48.0 Å². The molecule has 0 heterocycles. The molecule has 0 amide bonds. The van der Waals surface area contributed by atoms with E-state index >= 15 is 0 Å². The second-order valence-electron chi connectivity index (χ2n) is 6.59. The molecule has 2 aromatic carbocycles. The average molecular weight is 370 g/mol. The van der Waals surface area contributed by atoms with Gasteiger partial charge in [0.25, 0.3) is 0 Å². The first-order valence-corrected chi connectivity index (χ1v) is 8.88. The van der Waals surface area contributed by atoms with Crippen LogP contribution in [-0.4, -0.2) is 16.2 Å². The predicted octanol–water partition coefficient (Wildman–Crippen LogP) is 5.53. The minimum atomic E-state index is -1.25. The van der Waals surface area contributed by atoms with Crippen LogP contribution in [0.5, 0.6) is 5.75 Å². The summed E-state index contributed by atoms with van der Waals surface area (Å²) in [5.41, 5.74) is 3.30. The van der Waals surface area contributed by atoms with Crippen molar-refractivity contribution in [1.82, 2.24) is 0 Å². The molecule has 0 aliphatic heterocycles. The number of phenolic OH excluding ortho intramolecular Hbond substituents is 1. The quantitative estimate of drug-likeness (QED) is 0.695. The Bertz CT molecular complexity index is 904. The maximum Gasteiger partial charge on any atom is 0.328 e. The van der Waals surface area contributed by atoms with Crippen molar-refractivity contribution in [3.63, 3.8) is 0 Å². The van der Waals surface area contributed by atoms with E-state index in [0.29, 0.717) is 11.1 Å². The molecule has 0 bridgehead atoms. The smallest absolute Gasteiger partial charge is 0.328 e. The third-order valence-electron chi connectivity index (χ3n) is 4.76. The molecular weight excluding hydrogens is 350 g/mol. The number of carbonyl (C=O) groups is 1. The molecule has 1 saturated carbocycles. The lowest BCUT2D eigenvalue weighted by molar-refractivity contribution is -0.131. The van der Waals surface area contributed by atoms with Crippen molar-refractivity contribution in [2.75, 3.05) is 0 Å². The molecule has 5 heteroatoms. The maximum atomic E-state index is 14.6. The molecule has 3 rings (SSSR count). The number of phenols is 1. The van der Waals surface area contributed by atoms with Gasteiger partial charge in [-0.15, -0.1) is 0 Å². The number of benzene rings is 2. The minimum absolute atomic E-state index is 0.135. The Labute approximate surface area is 156 Å². The van der Waals surface area contributed by atoms with Crippen LogP contribution in [0.4, 0.5) is 8.78 Å². The van der Waals surface area contributed by atoms with Gasteiger partial charge in [0.15, 0.2) is 11.6 Å². The Morgan fingerprint density at radius 2 is 1.59 bits per heavy atom. The minimum Gasteiger partial charge on any atom is -0.505 e. The van der Waals surface area contributed by atoms with Crippen LogP contribution in [0.3, 0.4) is 0 Å². The van der Waals surface area contributed by atoms with E-state index in [2.05, 4.69) is 0 Å². The normalized spacial score (nSPS) is 14.5. The lowest BCUT2D eigenvalue weighted by Gasteiger charge is -2.21. The van der Waals surface area contributed by atoms with E-state index in [0.717, 1.165) is 49.3 Å². The molecule has 1 fully saturated rings. The first-order valence-electron chi connectivity index (χ1n) is 8.88. The average Bonchev–Trinajstić information content (AvgIpc) is 2.68. The summed E-state index contributed by atoms with van der Waals surface area (Å²) in [4.78, 5) is 10.6. The highest BCUT2D eigenvalue weighted by Gasteiger charge is 2.21. The molecule has 0 atom stereocenters. The lowest BCUT2D eigenvalue weighted by atomic mass is 9.84. The summed E-state index contributed by atoms with van der Waals surface area (Å²) in [5.74, 6) is -4.05. The van der Waals surface area contributed by atoms with Crippen molar-refractivity contribution in [3.05, 3.63) is 76.4 Å². The summed E-state index contributed by atoms with van der Waals surface area (Å²) in [6, 6.07) is 9.62. The van der Waals surface area contributed by atoms with Gasteiger partial charge < -0.3 is 10.2 Å². The van der Waals surface area contributed by atoms with E-state index in [4.69, 9.17) is 5.11 Å². The van der Waals surface area contributed by atoms with E-state index in [1.165, 1.54) is 18.2 Å². The van der Waals surface area contributed by atoms with Gasteiger partial charge in [-0.3, -0.25) is 0 Å². The van der Waals surface area contributed by atoms with Crippen LogP contribution < -0.4 is 0 Å². The van der Waals surface area contributed by atoms with Gasteiger partial charge in [-0.25, -0.2) is 9.18 Å². The molecule has 0 radical (unpaired) electrons. The molecule has 0 spiro atoms. The van der Waals surface area contributed by atoms with Crippen LogP contribution in [0.25, 0.3) is 11.6 Å². The summed E-state index contributed by atoms with van der Waals surface area (Å²) in [7, 11) is 0. The van der Waals surface area contributed by atoms with Crippen LogP contribution in [0, 0.1) is 11.6 Å². The molecule has 0 aromatic heterocycles. The highest BCUT2D eigenvalue weighted by Crippen LogP contribution is 2.37. The Balaban J connectivity index is 2.09. The van der Waals surface area contributed by atoms with E-state index in [1.54, 1.807) is 24.3 Å². The molecule has 27 heavy (non-hydrogen) atoms. The van der Waals surface area contributed by atoms with Crippen LogP contribution >= 0.6 is 0 Å². The van der Waals surface area contributed by atoms with Crippen LogP contribution in [0.1, 0.15) is 48.8 Å². The van der Waals surface area contributed by atoms with Gasteiger partial charge in [0, 0.05) is 11.6 Å². The number of allylic oxidation sites excluding steroid dienone is 1. The molecule has 1 aliphatic rings. The van der Waals surface area contributed by atoms with Gasteiger partial charge in [0.05, 0.1) is 0 Å². The van der Waals surface area contributed by atoms with Gasteiger partial charge >= 0.3 is 5.97 Å². The monoisotopic (exact) mass is 370 g/mol. The van der Waals surface area contributed by atoms with Gasteiger partial charge in [-0.2, -0.15) is 4.39 Å². The standard InChI is InChI=1S/C22H20F2O3/c23-21-17(11-12-18(25)22(21)24)20(15-4-2-1-3-5-15)16-9-6-14(7-10-16)8-13-19(26)27/h6-13,25H,1-5H2,(H,26,27). The lowest BCUT2D eigenvalue weighted by Crippen LogP contribution is -2.03. The third-order valence-corrected chi connectivity index (χ3v) is 4.76.